The second-order valence-corrected chi connectivity index (χ2v) is 10.1. The van der Waals surface area contributed by atoms with Gasteiger partial charge in [-0.25, -0.2) is 0 Å². The Morgan fingerprint density at radius 2 is 1.67 bits per heavy atom. The molecule has 4 saturated carbocycles. The molecule has 4 rings (SSSR count). The molecule has 8 atom stereocenters. The third-order valence-corrected chi connectivity index (χ3v) is 9.30. The highest BCUT2D eigenvalue weighted by Gasteiger charge is 2.57. The number of hydrogen-bond acceptors (Lipinski definition) is 2. The van der Waals surface area contributed by atoms with Gasteiger partial charge in [0.1, 0.15) is 5.78 Å². The molecule has 0 aromatic rings. The van der Waals surface area contributed by atoms with Gasteiger partial charge in [-0.1, -0.05) is 22.9 Å². The Bertz CT molecular complexity index is 492. The highest BCUT2D eigenvalue weighted by Crippen LogP contribution is 2.64. The predicted octanol–water partition coefficient (Wildman–Crippen LogP) is 4.97. The lowest BCUT2D eigenvalue weighted by Gasteiger charge is -2.54. The van der Waals surface area contributed by atoms with Crippen molar-refractivity contribution in [2.45, 2.75) is 77.2 Å². The smallest absolute Gasteiger partial charge is 0.147 e. The second kappa shape index (κ2) is 6.68. The van der Waals surface area contributed by atoms with Crippen LogP contribution in [0, 0.1) is 40.9 Å². The SMILES string of the molecule is CC12CCC3C4CCC(O)CCC4CCC3C1CCC2C(=O)CBr. The summed E-state index contributed by atoms with van der Waals surface area (Å²) in [7, 11) is 0. The summed E-state index contributed by atoms with van der Waals surface area (Å²) in [4.78, 5) is 12.5. The van der Waals surface area contributed by atoms with Crippen molar-refractivity contribution in [1.82, 2.24) is 0 Å². The minimum absolute atomic E-state index is 0.0460. The van der Waals surface area contributed by atoms with Crippen LogP contribution in [-0.2, 0) is 4.79 Å². The van der Waals surface area contributed by atoms with E-state index < -0.39 is 0 Å². The van der Waals surface area contributed by atoms with E-state index in [-0.39, 0.29) is 11.5 Å². The maximum atomic E-state index is 12.5. The Labute approximate surface area is 155 Å². The first-order chi connectivity index (χ1) is 11.5. The number of halogens is 1. The van der Waals surface area contributed by atoms with Crippen LogP contribution >= 0.6 is 15.9 Å². The van der Waals surface area contributed by atoms with Crippen molar-refractivity contribution >= 4 is 21.7 Å². The van der Waals surface area contributed by atoms with Crippen molar-refractivity contribution in [2.75, 3.05) is 5.33 Å². The maximum Gasteiger partial charge on any atom is 0.147 e. The zero-order valence-electron chi connectivity index (χ0n) is 15.1. The number of alkyl halides is 1. The molecule has 8 unspecified atom stereocenters. The molecule has 24 heavy (non-hydrogen) atoms. The monoisotopic (exact) mass is 396 g/mol. The lowest BCUT2D eigenvalue weighted by Crippen LogP contribution is -2.48. The molecular formula is C21H33BrO2. The van der Waals surface area contributed by atoms with E-state index >= 15 is 0 Å². The fourth-order valence-electron chi connectivity index (χ4n) is 7.60. The minimum Gasteiger partial charge on any atom is -0.393 e. The zero-order valence-corrected chi connectivity index (χ0v) is 16.6. The van der Waals surface area contributed by atoms with E-state index in [0.717, 1.165) is 48.9 Å². The summed E-state index contributed by atoms with van der Waals surface area (Å²) in [6.07, 6.45) is 12.3. The van der Waals surface area contributed by atoms with Gasteiger partial charge in [-0.2, -0.15) is 0 Å². The van der Waals surface area contributed by atoms with E-state index in [9.17, 15) is 9.90 Å². The molecule has 0 bridgehead atoms. The van der Waals surface area contributed by atoms with E-state index in [1.807, 2.05) is 0 Å². The van der Waals surface area contributed by atoms with Gasteiger partial charge >= 0.3 is 0 Å². The van der Waals surface area contributed by atoms with Crippen LogP contribution in [0.2, 0.25) is 0 Å². The Hall–Kier alpha value is 0.110. The number of aliphatic hydroxyl groups excluding tert-OH is 1. The molecular weight excluding hydrogens is 364 g/mol. The molecule has 4 aliphatic rings. The first kappa shape index (κ1) is 17.5. The van der Waals surface area contributed by atoms with E-state index in [1.165, 1.54) is 44.9 Å². The van der Waals surface area contributed by atoms with E-state index in [1.54, 1.807) is 0 Å². The van der Waals surface area contributed by atoms with Gasteiger partial charge in [0.05, 0.1) is 11.4 Å². The third-order valence-electron chi connectivity index (χ3n) is 8.74. The highest BCUT2D eigenvalue weighted by molar-refractivity contribution is 9.09. The molecule has 0 radical (unpaired) electrons. The maximum absolute atomic E-state index is 12.5. The van der Waals surface area contributed by atoms with Crippen molar-refractivity contribution in [3.8, 4) is 0 Å². The fourth-order valence-corrected chi connectivity index (χ4v) is 7.99. The molecule has 0 aliphatic heterocycles. The average molecular weight is 397 g/mol. The molecule has 3 heteroatoms. The number of carbonyl (C=O) groups is 1. The molecule has 0 amide bonds. The van der Waals surface area contributed by atoms with Crippen LogP contribution in [0.3, 0.4) is 0 Å². The summed E-state index contributed by atoms with van der Waals surface area (Å²) < 4.78 is 0. The van der Waals surface area contributed by atoms with Crippen molar-refractivity contribution in [1.29, 1.82) is 0 Å². The normalized spacial score (nSPS) is 51.2. The van der Waals surface area contributed by atoms with Crippen LogP contribution in [0.25, 0.3) is 0 Å². The number of fused-ring (bicyclic) bond motifs is 5. The van der Waals surface area contributed by atoms with Gasteiger partial charge in [-0.3, -0.25) is 4.79 Å². The van der Waals surface area contributed by atoms with Crippen molar-refractivity contribution in [3.05, 3.63) is 0 Å². The predicted molar refractivity (Wildman–Crippen MR) is 100 cm³/mol. The fraction of sp³-hybridized carbons (Fsp3) is 0.952. The van der Waals surface area contributed by atoms with Crippen LogP contribution in [0.1, 0.15) is 71.1 Å². The summed E-state index contributed by atoms with van der Waals surface area (Å²) >= 11 is 3.42. The zero-order chi connectivity index (χ0) is 16.9. The van der Waals surface area contributed by atoms with Crippen LogP contribution in [0.4, 0.5) is 0 Å². The standard InChI is InChI=1S/C21H33BrO2/c1-21-11-10-16-15-7-5-14(23)4-2-13(15)3-6-17(16)18(21)8-9-19(21)20(24)12-22/h13-19,23H,2-12H2,1H3. The summed E-state index contributed by atoms with van der Waals surface area (Å²) in [6, 6.07) is 0. The summed E-state index contributed by atoms with van der Waals surface area (Å²) in [5, 5.41) is 10.6. The topological polar surface area (TPSA) is 37.3 Å². The Balaban J connectivity index is 1.55. The number of aliphatic hydroxyl groups is 1. The van der Waals surface area contributed by atoms with Gasteiger partial charge in [-0.15, -0.1) is 0 Å². The largest absolute Gasteiger partial charge is 0.393 e. The van der Waals surface area contributed by atoms with Gasteiger partial charge in [-0.05, 0) is 99.2 Å². The number of hydrogen-bond donors (Lipinski definition) is 1. The Morgan fingerprint density at radius 3 is 2.46 bits per heavy atom. The van der Waals surface area contributed by atoms with Gasteiger partial charge in [0.25, 0.3) is 0 Å². The van der Waals surface area contributed by atoms with Crippen molar-refractivity contribution < 1.29 is 9.90 Å². The third kappa shape index (κ3) is 2.73. The van der Waals surface area contributed by atoms with Gasteiger partial charge < -0.3 is 5.11 Å². The van der Waals surface area contributed by atoms with Crippen molar-refractivity contribution in [3.63, 3.8) is 0 Å². The second-order valence-electron chi connectivity index (χ2n) is 9.52. The molecule has 136 valence electrons. The summed E-state index contributed by atoms with van der Waals surface area (Å²) in [6.45, 7) is 2.44. The van der Waals surface area contributed by atoms with Crippen LogP contribution in [0.5, 0.6) is 0 Å². The van der Waals surface area contributed by atoms with Crippen LogP contribution in [-0.4, -0.2) is 22.3 Å². The Kier molecular flexibility index (Phi) is 4.88. The number of carbonyl (C=O) groups excluding carboxylic acids is 1. The summed E-state index contributed by atoms with van der Waals surface area (Å²) in [5.41, 5.74) is 0.267. The molecule has 0 saturated heterocycles. The first-order valence-corrected chi connectivity index (χ1v) is 11.4. The van der Waals surface area contributed by atoms with Gasteiger partial charge in [0.2, 0.25) is 0 Å². The van der Waals surface area contributed by atoms with E-state index in [0.29, 0.717) is 17.0 Å². The quantitative estimate of drug-likeness (QED) is 0.668. The number of Topliss-reactive ketones (excluding diaryl/α,β-unsaturated/α-hetero) is 1. The summed E-state index contributed by atoms with van der Waals surface area (Å²) in [5.74, 6) is 4.99. The molecule has 4 fully saturated rings. The molecule has 0 aromatic carbocycles. The van der Waals surface area contributed by atoms with Crippen molar-refractivity contribution in [2.24, 2.45) is 40.9 Å². The first-order valence-electron chi connectivity index (χ1n) is 10.3. The van der Waals surface area contributed by atoms with Gasteiger partial charge in [0.15, 0.2) is 0 Å². The number of rotatable bonds is 2. The molecule has 1 N–H and O–H groups in total. The molecule has 0 heterocycles. The lowest BCUT2D eigenvalue weighted by atomic mass is 9.50. The Morgan fingerprint density at radius 1 is 0.958 bits per heavy atom. The van der Waals surface area contributed by atoms with Gasteiger partial charge in [0, 0.05) is 5.92 Å². The van der Waals surface area contributed by atoms with E-state index in [2.05, 4.69) is 22.9 Å². The lowest BCUT2D eigenvalue weighted by molar-refractivity contribution is -0.127. The van der Waals surface area contributed by atoms with Crippen LogP contribution in [0.15, 0.2) is 0 Å². The molecule has 2 nitrogen and oxygen atoms in total. The van der Waals surface area contributed by atoms with E-state index in [4.69, 9.17) is 0 Å². The molecule has 4 aliphatic carbocycles. The molecule has 0 spiro atoms. The van der Waals surface area contributed by atoms with Crippen LogP contribution < -0.4 is 0 Å². The average Bonchev–Trinajstić information content (AvgIpc) is 2.82. The molecule has 0 aromatic heterocycles. The minimum atomic E-state index is -0.0460. The highest BCUT2D eigenvalue weighted by atomic mass is 79.9. The number of ketones is 1.